The molecule has 0 aliphatic heterocycles. The molecule has 0 aromatic heterocycles. The zero-order chi connectivity index (χ0) is 14.0. The van der Waals surface area contributed by atoms with Gasteiger partial charge >= 0.3 is 0 Å². The Labute approximate surface area is 109 Å². The molecule has 0 saturated heterocycles. The number of hydrogen-bond donors (Lipinski definition) is 3. The normalized spacial score (nSPS) is 12.4. The minimum absolute atomic E-state index is 0.173. The zero-order valence-electron chi connectivity index (χ0n) is 11.2. The highest BCUT2D eigenvalue weighted by Gasteiger charge is 2.21. The lowest BCUT2D eigenvalue weighted by Crippen LogP contribution is -2.31. The molecule has 5 nitrogen and oxygen atoms in total. The Morgan fingerprint density at radius 3 is 2.44 bits per heavy atom. The van der Waals surface area contributed by atoms with E-state index in [-0.39, 0.29) is 10.4 Å². The van der Waals surface area contributed by atoms with E-state index in [9.17, 15) is 8.42 Å². The summed E-state index contributed by atoms with van der Waals surface area (Å²) >= 11 is 0. The van der Waals surface area contributed by atoms with Crippen molar-refractivity contribution in [3.8, 4) is 0 Å². The fourth-order valence-electron chi connectivity index (χ4n) is 1.43. The lowest BCUT2D eigenvalue weighted by atomic mass is 10.0. The van der Waals surface area contributed by atoms with E-state index in [0.717, 1.165) is 6.42 Å². The first kappa shape index (κ1) is 14.8. The average molecular weight is 271 g/mol. The summed E-state index contributed by atoms with van der Waals surface area (Å²) < 4.78 is 26.2. The number of benzene rings is 1. The third-order valence-electron chi connectivity index (χ3n) is 2.92. The van der Waals surface area contributed by atoms with Gasteiger partial charge in [-0.2, -0.15) is 0 Å². The molecule has 0 aliphatic rings. The van der Waals surface area contributed by atoms with E-state index in [1.165, 1.54) is 13.1 Å². The molecular formula is C12H21N3O2S. The van der Waals surface area contributed by atoms with Crippen LogP contribution in [0.4, 0.5) is 11.4 Å². The molecule has 0 radical (unpaired) electrons. The van der Waals surface area contributed by atoms with Gasteiger partial charge in [0.1, 0.15) is 4.90 Å². The minimum atomic E-state index is -3.52. The van der Waals surface area contributed by atoms with Gasteiger partial charge in [0.05, 0.1) is 5.69 Å². The van der Waals surface area contributed by atoms with Gasteiger partial charge in [-0.3, -0.25) is 0 Å². The minimum Gasteiger partial charge on any atom is -0.399 e. The average Bonchev–Trinajstić information content (AvgIpc) is 2.31. The van der Waals surface area contributed by atoms with Crippen molar-refractivity contribution >= 4 is 21.4 Å². The molecular weight excluding hydrogens is 250 g/mol. The lowest BCUT2D eigenvalue weighted by Gasteiger charge is -2.27. The van der Waals surface area contributed by atoms with Gasteiger partial charge in [-0.05, 0) is 45.5 Å². The van der Waals surface area contributed by atoms with Crippen molar-refractivity contribution in [1.29, 1.82) is 0 Å². The van der Waals surface area contributed by atoms with Gasteiger partial charge in [0, 0.05) is 11.2 Å². The maximum Gasteiger partial charge on any atom is 0.242 e. The smallest absolute Gasteiger partial charge is 0.242 e. The van der Waals surface area contributed by atoms with E-state index in [1.807, 2.05) is 20.8 Å². The summed E-state index contributed by atoms with van der Waals surface area (Å²) in [5.41, 5.74) is 6.45. The molecule has 1 rings (SSSR count). The first-order chi connectivity index (χ1) is 8.22. The van der Waals surface area contributed by atoms with Crippen LogP contribution in [-0.4, -0.2) is 21.0 Å². The van der Waals surface area contributed by atoms with E-state index >= 15 is 0 Å². The van der Waals surface area contributed by atoms with E-state index in [0.29, 0.717) is 11.4 Å². The highest BCUT2D eigenvalue weighted by atomic mass is 32.2. The first-order valence-corrected chi connectivity index (χ1v) is 7.31. The fraction of sp³-hybridized carbons (Fsp3) is 0.500. The molecule has 0 saturated carbocycles. The van der Waals surface area contributed by atoms with Crippen molar-refractivity contribution in [3.05, 3.63) is 18.2 Å². The van der Waals surface area contributed by atoms with Crippen molar-refractivity contribution in [2.45, 2.75) is 37.6 Å². The Bertz CT molecular complexity index is 524. The highest BCUT2D eigenvalue weighted by molar-refractivity contribution is 7.89. The molecule has 102 valence electrons. The van der Waals surface area contributed by atoms with Crippen LogP contribution in [0.25, 0.3) is 0 Å². The summed E-state index contributed by atoms with van der Waals surface area (Å²) in [4.78, 5) is 0.173. The molecule has 1 aromatic rings. The molecule has 0 fully saturated rings. The first-order valence-electron chi connectivity index (χ1n) is 5.83. The Morgan fingerprint density at radius 1 is 1.33 bits per heavy atom. The Hall–Kier alpha value is -1.27. The number of nitrogen functional groups attached to an aromatic ring is 1. The number of sulfonamides is 1. The van der Waals surface area contributed by atoms with Crippen LogP contribution in [0.2, 0.25) is 0 Å². The summed E-state index contributed by atoms with van der Waals surface area (Å²) in [6, 6.07) is 4.83. The van der Waals surface area contributed by atoms with Crippen LogP contribution < -0.4 is 15.8 Å². The zero-order valence-corrected chi connectivity index (χ0v) is 12.1. The molecule has 18 heavy (non-hydrogen) atoms. The number of nitrogens with two attached hydrogens (primary N) is 1. The van der Waals surface area contributed by atoms with Crippen LogP contribution in [0, 0.1) is 0 Å². The van der Waals surface area contributed by atoms with Crippen LogP contribution >= 0.6 is 0 Å². The molecule has 6 heteroatoms. The Balaban J connectivity index is 3.29. The molecule has 0 heterocycles. The monoisotopic (exact) mass is 271 g/mol. The summed E-state index contributed by atoms with van der Waals surface area (Å²) in [5, 5.41) is 3.23. The highest BCUT2D eigenvalue weighted by Crippen LogP contribution is 2.27. The number of rotatable bonds is 5. The second-order valence-electron chi connectivity index (χ2n) is 4.83. The number of hydrogen-bond acceptors (Lipinski definition) is 4. The second-order valence-corrected chi connectivity index (χ2v) is 6.68. The van der Waals surface area contributed by atoms with Gasteiger partial charge in [0.2, 0.25) is 10.0 Å². The Morgan fingerprint density at radius 2 is 1.94 bits per heavy atom. The van der Waals surface area contributed by atoms with Crippen molar-refractivity contribution < 1.29 is 8.42 Å². The van der Waals surface area contributed by atoms with Gasteiger partial charge in [-0.1, -0.05) is 6.92 Å². The van der Waals surface area contributed by atoms with Gasteiger partial charge in [-0.25, -0.2) is 13.1 Å². The van der Waals surface area contributed by atoms with Crippen LogP contribution in [0.1, 0.15) is 27.2 Å². The summed E-state index contributed by atoms with van der Waals surface area (Å²) in [6.45, 7) is 6.06. The molecule has 0 atom stereocenters. The number of nitrogens with one attached hydrogen (secondary N) is 2. The van der Waals surface area contributed by atoms with E-state index in [4.69, 9.17) is 5.73 Å². The molecule has 0 unspecified atom stereocenters. The third kappa shape index (κ3) is 3.36. The van der Waals surface area contributed by atoms with Gasteiger partial charge < -0.3 is 11.1 Å². The maximum absolute atomic E-state index is 11.9. The standard InChI is InChI=1S/C12H21N3O2S/c1-5-12(2,3)15-10-7-6-9(13)8-11(10)18(16,17)14-4/h6-8,14-15H,5,13H2,1-4H3. The summed E-state index contributed by atoms with van der Waals surface area (Å²) in [7, 11) is -2.14. The predicted molar refractivity (Wildman–Crippen MR) is 75.1 cm³/mol. The molecule has 0 aliphatic carbocycles. The predicted octanol–water partition coefficient (Wildman–Crippen LogP) is 1.78. The van der Waals surface area contributed by atoms with E-state index in [2.05, 4.69) is 10.0 Å². The lowest BCUT2D eigenvalue weighted by molar-refractivity contribution is 0.544. The van der Waals surface area contributed by atoms with Crippen LogP contribution in [0.5, 0.6) is 0 Å². The maximum atomic E-state index is 11.9. The fourth-order valence-corrected chi connectivity index (χ4v) is 2.35. The van der Waals surface area contributed by atoms with Gasteiger partial charge in [-0.15, -0.1) is 0 Å². The summed E-state index contributed by atoms with van der Waals surface area (Å²) in [6.07, 6.45) is 0.871. The number of anilines is 2. The molecule has 0 spiro atoms. The third-order valence-corrected chi connectivity index (χ3v) is 4.38. The molecule has 0 bridgehead atoms. The van der Waals surface area contributed by atoms with Crippen molar-refractivity contribution in [1.82, 2.24) is 4.72 Å². The summed E-state index contributed by atoms with van der Waals surface area (Å²) in [5.74, 6) is 0. The SMILES string of the molecule is CCC(C)(C)Nc1ccc(N)cc1S(=O)(=O)NC. The van der Waals surface area contributed by atoms with Crippen molar-refractivity contribution in [3.63, 3.8) is 0 Å². The van der Waals surface area contributed by atoms with Gasteiger partial charge in [0.25, 0.3) is 0 Å². The molecule has 0 amide bonds. The van der Waals surface area contributed by atoms with Gasteiger partial charge in [0.15, 0.2) is 0 Å². The largest absolute Gasteiger partial charge is 0.399 e. The molecule has 1 aromatic carbocycles. The van der Waals surface area contributed by atoms with E-state index in [1.54, 1.807) is 12.1 Å². The Kier molecular flexibility index (Phi) is 4.24. The van der Waals surface area contributed by atoms with Crippen molar-refractivity contribution in [2.75, 3.05) is 18.1 Å². The quantitative estimate of drug-likeness (QED) is 0.713. The molecule has 4 N–H and O–H groups in total. The van der Waals surface area contributed by atoms with Crippen molar-refractivity contribution in [2.24, 2.45) is 0 Å². The van der Waals surface area contributed by atoms with E-state index < -0.39 is 10.0 Å². The topological polar surface area (TPSA) is 84.2 Å². The van der Waals surface area contributed by atoms with Crippen LogP contribution in [-0.2, 0) is 10.0 Å². The second kappa shape index (κ2) is 5.16. The van der Waals surface area contributed by atoms with Crippen LogP contribution in [0.3, 0.4) is 0 Å². The van der Waals surface area contributed by atoms with Crippen LogP contribution in [0.15, 0.2) is 23.1 Å².